The minimum atomic E-state index is -0.926. The van der Waals surface area contributed by atoms with Gasteiger partial charge in [0.15, 0.2) is 12.4 Å². The van der Waals surface area contributed by atoms with E-state index in [9.17, 15) is 19.2 Å². The maximum Gasteiger partial charge on any atom is 0.326 e. The molecule has 3 aromatic carbocycles. The Hall–Kier alpha value is -3.10. The number of imide groups is 1. The van der Waals surface area contributed by atoms with Crippen molar-refractivity contribution < 1.29 is 23.9 Å². The molecule has 2 atom stereocenters. The molecule has 1 heterocycles. The average Bonchev–Trinajstić information content (AvgIpc) is 3.18. The monoisotopic (exact) mass is 635 g/mol. The largest absolute Gasteiger partial charge is 0.456 e. The molecule has 0 N–H and O–H groups in total. The third kappa shape index (κ3) is 3.29. The van der Waals surface area contributed by atoms with E-state index in [0.717, 1.165) is 38.3 Å². The summed E-state index contributed by atoms with van der Waals surface area (Å²) in [5, 5.41) is 0. The van der Waals surface area contributed by atoms with Crippen LogP contribution < -0.4 is 0 Å². The van der Waals surface area contributed by atoms with Gasteiger partial charge in [-0.05, 0) is 53.3 Å². The first-order valence-electron chi connectivity index (χ1n) is 12.3. The van der Waals surface area contributed by atoms with Crippen LogP contribution >= 0.6 is 31.9 Å². The quantitative estimate of drug-likeness (QED) is 0.172. The van der Waals surface area contributed by atoms with Crippen molar-refractivity contribution in [3.8, 4) is 0 Å². The number of aryl methyl sites for hydroxylation is 2. The Morgan fingerprint density at radius 2 is 1.26 bits per heavy atom. The Morgan fingerprint density at radius 3 is 1.71 bits per heavy atom. The molecule has 192 valence electrons. The molecule has 8 heteroatoms. The third-order valence-electron chi connectivity index (χ3n) is 8.16. The number of carbonyl (C=O) groups excluding carboxylic acids is 4. The van der Waals surface area contributed by atoms with Gasteiger partial charge in [-0.15, -0.1) is 0 Å². The first-order chi connectivity index (χ1) is 18.1. The molecule has 6 nitrogen and oxygen atoms in total. The van der Waals surface area contributed by atoms with Crippen molar-refractivity contribution in [1.29, 1.82) is 0 Å². The molecular weight excluding hydrogens is 614 g/mol. The molecule has 0 radical (unpaired) electrons. The van der Waals surface area contributed by atoms with Crippen molar-refractivity contribution in [2.45, 2.75) is 22.5 Å². The summed E-state index contributed by atoms with van der Waals surface area (Å²) < 4.78 is 3.37. The number of alkyl halides is 2. The number of benzene rings is 3. The lowest BCUT2D eigenvalue weighted by Gasteiger charge is -2.55. The fourth-order valence-electron chi connectivity index (χ4n) is 6.20. The van der Waals surface area contributed by atoms with Gasteiger partial charge in [-0.25, -0.2) is 0 Å². The number of nitrogens with zero attached hydrogens (tertiary/aromatic N) is 1. The van der Waals surface area contributed by atoms with Gasteiger partial charge in [0.2, 0.25) is 11.8 Å². The van der Waals surface area contributed by atoms with Crippen LogP contribution in [0.1, 0.15) is 43.7 Å². The Kier molecular flexibility index (Phi) is 5.78. The topological polar surface area (TPSA) is 80.8 Å². The first-order valence-corrected chi connectivity index (χ1v) is 13.9. The van der Waals surface area contributed by atoms with Crippen LogP contribution in [0.2, 0.25) is 0 Å². The number of halogens is 2. The van der Waals surface area contributed by atoms with Crippen LogP contribution in [0.25, 0.3) is 0 Å². The lowest BCUT2D eigenvalue weighted by atomic mass is 9.54. The van der Waals surface area contributed by atoms with Crippen LogP contribution in [0.5, 0.6) is 0 Å². The zero-order chi connectivity index (χ0) is 27.0. The number of carbonyl (C=O) groups is 4. The van der Waals surface area contributed by atoms with E-state index >= 15 is 0 Å². The maximum absolute atomic E-state index is 13.9. The van der Waals surface area contributed by atoms with E-state index in [1.165, 1.54) is 0 Å². The fraction of sp³-hybridized carbons (Fsp3) is 0.267. The van der Waals surface area contributed by atoms with E-state index in [0.29, 0.717) is 5.56 Å². The summed E-state index contributed by atoms with van der Waals surface area (Å²) in [7, 11) is 0. The molecule has 3 aromatic rings. The Labute approximate surface area is 236 Å². The summed E-state index contributed by atoms with van der Waals surface area (Å²) in [4.78, 5) is 54.1. The highest BCUT2D eigenvalue weighted by Gasteiger charge is 2.72. The highest BCUT2D eigenvalue weighted by atomic mass is 79.9. The van der Waals surface area contributed by atoms with Gasteiger partial charge in [-0.2, -0.15) is 0 Å². The van der Waals surface area contributed by atoms with Crippen molar-refractivity contribution in [2.24, 2.45) is 11.8 Å². The smallest absolute Gasteiger partial charge is 0.326 e. The van der Waals surface area contributed by atoms with Crippen molar-refractivity contribution in [1.82, 2.24) is 4.90 Å². The SMILES string of the molecule is Cc1ccc(C(=O)COC(=O)CN2C(=O)[C@@H]3[C@H](C2=O)C2(Br)c4ccccc4C3(Br)c3ccccc32)cc1C. The van der Waals surface area contributed by atoms with Crippen LogP contribution in [0, 0.1) is 25.7 Å². The number of rotatable bonds is 5. The molecule has 0 spiro atoms. The predicted molar refractivity (Wildman–Crippen MR) is 147 cm³/mol. The number of ether oxygens (including phenoxy) is 1. The summed E-state index contributed by atoms with van der Waals surface area (Å²) in [6.45, 7) is 2.83. The van der Waals surface area contributed by atoms with Crippen molar-refractivity contribution in [3.63, 3.8) is 0 Å². The van der Waals surface area contributed by atoms with E-state index in [1.54, 1.807) is 12.1 Å². The fourth-order valence-corrected chi connectivity index (χ4v) is 8.50. The second-order valence-electron chi connectivity index (χ2n) is 10.1. The van der Waals surface area contributed by atoms with Gasteiger partial charge in [0, 0.05) is 5.56 Å². The van der Waals surface area contributed by atoms with E-state index in [1.807, 2.05) is 68.4 Å². The molecule has 1 saturated heterocycles. The summed E-state index contributed by atoms with van der Waals surface area (Å²) in [6.07, 6.45) is 0. The molecule has 0 saturated carbocycles. The molecule has 1 aliphatic heterocycles. The lowest BCUT2D eigenvalue weighted by molar-refractivity contribution is -0.152. The van der Waals surface area contributed by atoms with Gasteiger partial charge in [0.05, 0.1) is 20.5 Å². The van der Waals surface area contributed by atoms with Gasteiger partial charge >= 0.3 is 5.97 Å². The number of Topliss-reactive ketones (excluding diaryl/α,β-unsaturated/α-hetero) is 1. The molecule has 3 aliphatic carbocycles. The molecule has 0 aromatic heterocycles. The van der Waals surface area contributed by atoms with Crippen LogP contribution in [-0.2, 0) is 27.8 Å². The van der Waals surface area contributed by atoms with E-state index in [-0.39, 0.29) is 5.78 Å². The normalized spacial score (nSPS) is 26.6. The number of esters is 1. The van der Waals surface area contributed by atoms with E-state index in [4.69, 9.17) is 4.74 Å². The summed E-state index contributed by atoms with van der Waals surface area (Å²) in [5.74, 6) is -3.56. The second kappa shape index (κ2) is 8.71. The Bertz CT molecular complexity index is 1440. The summed E-state index contributed by atoms with van der Waals surface area (Å²) in [5.41, 5.74) is 6.13. The van der Waals surface area contributed by atoms with Gasteiger partial charge in [-0.3, -0.25) is 24.1 Å². The molecule has 7 rings (SSSR count). The minimum absolute atomic E-state index is 0.350. The highest BCUT2D eigenvalue weighted by Crippen LogP contribution is 2.70. The summed E-state index contributed by atoms with van der Waals surface area (Å²) in [6, 6.07) is 20.8. The number of ketones is 1. The first kappa shape index (κ1) is 25.2. The standard InChI is InChI=1S/C30H23Br2NO5/c1-16-11-12-18(13-17(16)2)23(34)15-38-24(35)14-33-27(36)25-26(28(33)37)30(32)20-8-4-3-7-19(20)29(25,31)21-9-5-6-10-22(21)30/h3-13,25-26H,14-15H2,1-2H3/t25-,26+,29?,30?. The molecule has 2 bridgehead atoms. The number of hydrogen-bond acceptors (Lipinski definition) is 5. The van der Waals surface area contributed by atoms with Crippen molar-refractivity contribution in [2.75, 3.05) is 13.2 Å². The van der Waals surface area contributed by atoms with Crippen LogP contribution in [0.3, 0.4) is 0 Å². The molecule has 2 amide bonds. The van der Waals surface area contributed by atoms with Crippen molar-refractivity contribution >= 4 is 55.4 Å². The average molecular weight is 637 g/mol. The van der Waals surface area contributed by atoms with Gasteiger partial charge in [-0.1, -0.05) is 92.5 Å². The Balaban J connectivity index is 1.28. The van der Waals surface area contributed by atoms with Crippen LogP contribution in [-0.4, -0.2) is 41.6 Å². The van der Waals surface area contributed by atoms with E-state index in [2.05, 4.69) is 31.9 Å². The third-order valence-corrected chi connectivity index (χ3v) is 10.9. The van der Waals surface area contributed by atoms with Gasteiger partial charge in [0.1, 0.15) is 6.54 Å². The van der Waals surface area contributed by atoms with Crippen LogP contribution in [0.15, 0.2) is 66.7 Å². The highest BCUT2D eigenvalue weighted by molar-refractivity contribution is 9.10. The number of hydrogen-bond donors (Lipinski definition) is 0. The molecule has 4 aliphatic rings. The predicted octanol–water partition coefficient (Wildman–Crippen LogP) is 4.93. The summed E-state index contributed by atoms with van der Waals surface area (Å²) >= 11 is 7.86. The Morgan fingerprint density at radius 1 is 0.789 bits per heavy atom. The van der Waals surface area contributed by atoms with Crippen molar-refractivity contribution in [3.05, 3.63) is 106 Å². The molecule has 0 unspecified atom stereocenters. The second-order valence-corrected chi connectivity index (χ2v) is 12.6. The molecule has 38 heavy (non-hydrogen) atoms. The zero-order valence-electron chi connectivity index (χ0n) is 20.7. The zero-order valence-corrected chi connectivity index (χ0v) is 23.8. The molecular formula is C30H23Br2NO5. The van der Waals surface area contributed by atoms with Crippen LogP contribution in [0.4, 0.5) is 0 Å². The van der Waals surface area contributed by atoms with E-state index < -0.39 is 51.4 Å². The lowest BCUT2D eigenvalue weighted by Crippen LogP contribution is -2.56. The number of likely N-dealkylation sites (tertiary alicyclic amines) is 1. The molecule has 1 fully saturated rings. The minimum Gasteiger partial charge on any atom is -0.456 e. The van der Waals surface area contributed by atoms with Gasteiger partial charge in [0.25, 0.3) is 0 Å². The number of amides is 2. The maximum atomic E-state index is 13.9. The van der Waals surface area contributed by atoms with Gasteiger partial charge < -0.3 is 4.74 Å².